The van der Waals surface area contributed by atoms with Crippen LogP contribution in [0.3, 0.4) is 0 Å². The number of nitro benzene ring substituents is 1. The van der Waals surface area contributed by atoms with Gasteiger partial charge in [-0.25, -0.2) is 0 Å². The molecule has 0 unspecified atom stereocenters. The van der Waals surface area contributed by atoms with Gasteiger partial charge in [-0.05, 0) is 46.6 Å². The van der Waals surface area contributed by atoms with Gasteiger partial charge in [0.1, 0.15) is 0 Å². The molecule has 0 spiro atoms. The van der Waals surface area contributed by atoms with Crippen LogP contribution < -0.4 is 9.47 Å². The largest absolute Gasteiger partial charge is 0.503 e. The van der Waals surface area contributed by atoms with Crippen LogP contribution >= 0.6 is 15.9 Å². The molecule has 0 heterocycles. The van der Waals surface area contributed by atoms with Crippen LogP contribution in [0.25, 0.3) is 11.1 Å². The number of phenols is 2. The van der Waals surface area contributed by atoms with Crippen molar-refractivity contribution in [3.63, 3.8) is 0 Å². The van der Waals surface area contributed by atoms with E-state index in [4.69, 9.17) is 9.47 Å². The third-order valence-electron chi connectivity index (χ3n) is 3.15. The number of ether oxygens (including phenoxy) is 2. The first kappa shape index (κ1) is 16.9. The van der Waals surface area contributed by atoms with Crippen LogP contribution in [-0.4, -0.2) is 28.9 Å². The van der Waals surface area contributed by atoms with Crippen LogP contribution in [0, 0.1) is 10.1 Å². The van der Waals surface area contributed by atoms with Crippen LogP contribution in [-0.2, 0) is 0 Å². The maximum absolute atomic E-state index is 11.1. The van der Waals surface area contributed by atoms with E-state index >= 15 is 0 Å². The third-order valence-corrected chi connectivity index (χ3v) is 3.79. The van der Waals surface area contributed by atoms with Crippen molar-refractivity contribution in [1.82, 2.24) is 0 Å². The van der Waals surface area contributed by atoms with Crippen molar-refractivity contribution in [2.24, 2.45) is 0 Å². The van der Waals surface area contributed by atoms with E-state index in [0.29, 0.717) is 22.2 Å². The Balaban J connectivity index is 2.74. The summed E-state index contributed by atoms with van der Waals surface area (Å²) in [6.07, 6.45) is 0. The number of phenolic OH excluding ortho intramolecular Hbond substituents is 2. The van der Waals surface area contributed by atoms with Crippen molar-refractivity contribution < 1.29 is 24.6 Å². The van der Waals surface area contributed by atoms with Gasteiger partial charge in [0.25, 0.3) is 0 Å². The number of hydrogen-bond acceptors (Lipinski definition) is 6. The Hall–Kier alpha value is -2.48. The van der Waals surface area contributed by atoms with Crippen LogP contribution in [0.4, 0.5) is 5.69 Å². The van der Waals surface area contributed by atoms with Gasteiger partial charge >= 0.3 is 5.69 Å². The summed E-state index contributed by atoms with van der Waals surface area (Å²) >= 11 is 3.20. The summed E-state index contributed by atoms with van der Waals surface area (Å²) in [5.41, 5.74) is 0.316. The second-order valence-electron chi connectivity index (χ2n) is 4.51. The fourth-order valence-corrected chi connectivity index (χ4v) is 2.42. The molecule has 2 rings (SSSR count). The lowest BCUT2D eigenvalue weighted by molar-refractivity contribution is -0.385. The molecule has 2 aromatic carbocycles. The summed E-state index contributed by atoms with van der Waals surface area (Å²) in [5.74, 6) is -0.525. The number of nitrogens with zero attached hydrogens (tertiary/aromatic N) is 1. The van der Waals surface area contributed by atoms with Crippen molar-refractivity contribution in [3.8, 4) is 34.1 Å². The van der Waals surface area contributed by atoms with Crippen molar-refractivity contribution in [1.29, 1.82) is 0 Å². The highest BCUT2D eigenvalue weighted by Gasteiger charge is 2.23. The SMILES string of the molecule is CCOc1c(-c2cc(OC)c(O)c([N+](=O)[O-])c2)ccc(Br)c1O. The van der Waals surface area contributed by atoms with E-state index in [9.17, 15) is 20.3 Å². The molecule has 0 aliphatic rings. The van der Waals surface area contributed by atoms with Gasteiger partial charge < -0.3 is 19.7 Å². The number of hydrogen-bond donors (Lipinski definition) is 2. The first-order valence-electron chi connectivity index (χ1n) is 6.60. The normalized spacial score (nSPS) is 10.4. The Morgan fingerprint density at radius 3 is 2.52 bits per heavy atom. The molecule has 122 valence electrons. The van der Waals surface area contributed by atoms with Gasteiger partial charge in [-0.1, -0.05) is 0 Å². The molecule has 0 bridgehead atoms. The Labute approximate surface area is 140 Å². The van der Waals surface area contributed by atoms with E-state index in [0.717, 1.165) is 0 Å². The maximum Gasteiger partial charge on any atom is 0.315 e. The van der Waals surface area contributed by atoms with Crippen molar-refractivity contribution in [3.05, 3.63) is 38.9 Å². The Kier molecular flexibility index (Phi) is 4.95. The zero-order valence-electron chi connectivity index (χ0n) is 12.4. The topological polar surface area (TPSA) is 102 Å². The molecule has 23 heavy (non-hydrogen) atoms. The number of methoxy groups -OCH3 is 1. The molecular formula is C15H14BrNO6. The number of aromatic hydroxyl groups is 2. The van der Waals surface area contributed by atoms with E-state index in [-0.39, 0.29) is 17.2 Å². The van der Waals surface area contributed by atoms with Gasteiger partial charge in [0.05, 0.1) is 23.1 Å². The van der Waals surface area contributed by atoms with Crippen molar-refractivity contribution in [2.75, 3.05) is 13.7 Å². The summed E-state index contributed by atoms with van der Waals surface area (Å²) in [7, 11) is 1.30. The minimum atomic E-state index is -0.708. The monoisotopic (exact) mass is 383 g/mol. The first-order valence-corrected chi connectivity index (χ1v) is 7.40. The summed E-state index contributed by atoms with van der Waals surface area (Å²) in [6.45, 7) is 2.05. The van der Waals surface area contributed by atoms with Crippen LogP contribution in [0.1, 0.15) is 6.92 Å². The average molecular weight is 384 g/mol. The van der Waals surface area contributed by atoms with E-state index in [1.54, 1.807) is 19.1 Å². The summed E-state index contributed by atoms with van der Waals surface area (Å²) in [5, 5.41) is 31.1. The highest BCUT2D eigenvalue weighted by molar-refractivity contribution is 9.10. The lowest BCUT2D eigenvalue weighted by atomic mass is 10.0. The Morgan fingerprint density at radius 2 is 1.96 bits per heavy atom. The lowest BCUT2D eigenvalue weighted by Crippen LogP contribution is -1.97. The molecular weight excluding hydrogens is 370 g/mol. The molecule has 2 N–H and O–H groups in total. The molecule has 0 atom stereocenters. The van der Waals surface area contributed by atoms with Gasteiger partial charge in [0.15, 0.2) is 17.2 Å². The van der Waals surface area contributed by atoms with E-state index in [1.165, 1.54) is 19.2 Å². The zero-order chi connectivity index (χ0) is 17.1. The lowest BCUT2D eigenvalue weighted by Gasteiger charge is -2.14. The van der Waals surface area contributed by atoms with Gasteiger partial charge in [-0.2, -0.15) is 0 Å². The zero-order valence-corrected chi connectivity index (χ0v) is 14.0. The summed E-state index contributed by atoms with van der Waals surface area (Å²) in [6, 6.07) is 5.87. The van der Waals surface area contributed by atoms with Gasteiger partial charge in [-0.15, -0.1) is 0 Å². The molecule has 7 nitrogen and oxygen atoms in total. The van der Waals surface area contributed by atoms with Gasteiger partial charge in [0, 0.05) is 11.6 Å². The van der Waals surface area contributed by atoms with Crippen molar-refractivity contribution in [2.45, 2.75) is 6.92 Å². The molecule has 0 saturated heterocycles. The highest BCUT2D eigenvalue weighted by Crippen LogP contribution is 2.46. The quantitative estimate of drug-likeness (QED) is 0.600. The van der Waals surface area contributed by atoms with Crippen LogP contribution in [0.5, 0.6) is 23.0 Å². The van der Waals surface area contributed by atoms with Crippen LogP contribution in [0.2, 0.25) is 0 Å². The molecule has 2 aromatic rings. The Bertz CT molecular complexity index is 762. The molecule has 0 saturated carbocycles. The predicted octanol–water partition coefficient (Wildman–Crippen LogP) is 3.84. The van der Waals surface area contributed by atoms with Gasteiger partial charge in [-0.3, -0.25) is 10.1 Å². The number of halogens is 1. The fraction of sp³-hybridized carbons (Fsp3) is 0.200. The van der Waals surface area contributed by atoms with E-state index < -0.39 is 16.4 Å². The molecule has 0 aromatic heterocycles. The number of benzene rings is 2. The van der Waals surface area contributed by atoms with E-state index in [2.05, 4.69) is 15.9 Å². The third kappa shape index (κ3) is 3.16. The molecule has 8 heteroatoms. The first-order chi connectivity index (χ1) is 10.9. The smallest absolute Gasteiger partial charge is 0.315 e. The second kappa shape index (κ2) is 6.74. The molecule has 0 fully saturated rings. The van der Waals surface area contributed by atoms with Crippen molar-refractivity contribution >= 4 is 21.6 Å². The molecule has 0 aliphatic heterocycles. The highest BCUT2D eigenvalue weighted by atomic mass is 79.9. The number of rotatable bonds is 5. The van der Waals surface area contributed by atoms with Gasteiger partial charge in [0.2, 0.25) is 5.75 Å². The summed E-state index contributed by atoms with van der Waals surface area (Å²) in [4.78, 5) is 10.4. The summed E-state index contributed by atoms with van der Waals surface area (Å²) < 4.78 is 10.9. The number of nitro groups is 1. The van der Waals surface area contributed by atoms with E-state index in [1.807, 2.05) is 0 Å². The maximum atomic E-state index is 11.1. The molecule has 0 radical (unpaired) electrons. The molecule has 0 amide bonds. The Morgan fingerprint density at radius 1 is 1.26 bits per heavy atom. The van der Waals surface area contributed by atoms with Crippen LogP contribution in [0.15, 0.2) is 28.7 Å². The molecule has 0 aliphatic carbocycles. The second-order valence-corrected chi connectivity index (χ2v) is 5.36. The minimum absolute atomic E-state index is 0.0425. The minimum Gasteiger partial charge on any atom is -0.503 e. The average Bonchev–Trinajstić information content (AvgIpc) is 2.52. The standard InChI is InChI=1S/C15H14BrNO6/c1-3-23-15-9(4-5-10(16)13(15)18)8-6-11(17(20)21)14(19)12(7-8)22-2/h4-7,18-19H,3H2,1-2H3. The fourth-order valence-electron chi connectivity index (χ4n) is 2.11. The predicted molar refractivity (Wildman–Crippen MR) is 87.3 cm³/mol.